The van der Waals surface area contributed by atoms with Gasteiger partial charge in [-0.3, -0.25) is 15.0 Å². The molecule has 1 saturated heterocycles. The van der Waals surface area contributed by atoms with Crippen molar-refractivity contribution in [3.63, 3.8) is 0 Å². The monoisotopic (exact) mass is 445 g/mol. The highest BCUT2D eigenvalue weighted by Gasteiger charge is 2.23. The van der Waals surface area contributed by atoms with E-state index in [-0.39, 0.29) is 18.1 Å². The normalized spacial score (nSPS) is 19.7. The van der Waals surface area contributed by atoms with Gasteiger partial charge in [-0.1, -0.05) is 11.6 Å². The lowest BCUT2D eigenvalue weighted by Gasteiger charge is -2.34. The summed E-state index contributed by atoms with van der Waals surface area (Å²) in [6, 6.07) is 7.32. The van der Waals surface area contributed by atoms with Crippen molar-refractivity contribution in [3.05, 3.63) is 57.8 Å². The van der Waals surface area contributed by atoms with Crippen molar-refractivity contribution in [3.8, 4) is 5.69 Å². The van der Waals surface area contributed by atoms with Gasteiger partial charge in [0.15, 0.2) is 5.13 Å². The molecule has 2 atom stereocenters. The molecule has 3 heterocycles. The van der Waals surface area contributed by atoms with Crippen molar-refractivity contribution in [2.45, 2.75) is 39.5 Å². The zero-order valence-corrected chi connectivity index (χ0v) is 18.7. The molecule has 30 heavy (non-hydrogen) atoms. The van der Waals surface area contributed by atoms with E-state index in [1.165, 1.54) is 11.3 Å². The highest BCUT2D eigenvalue weighted by molar-refractivity contribution is 7.14. The van der Waals surface area contributed by atoms with Crippen molar-refractivity contribution in [2.75, 3.05) is 18.4 Å². The molecular weight excluding hydrogens is 422 g/mol. The largest absolute Gasteiger partial charge is 0.373 e. The quantitative estimate of drug-likeness (QED) is 0.638. The maximum Gasteiger partial charge on any atom is 0.260 e. The minimum atomic E-state index is -0.220. The van der Waals surface area contributed by atoms with Crippen LogP contribution in [0.5, 0.6) is 0 Å². The topological polar surface area (TPSA) is 72.3 Å². The molecule has 1 aliphatic rings. The van der Waals surface area contributed by atoms with Crippen LogP contribution < -0.4 is 5.32 Å². The number of morpholine rings is 1. The average molecular weight is 446 g/mol. The zero-order chi connectivity index (χ0) is 21.3. The molecule has 1 fully saturated rings. The fraction of sp³-hybridized carbons (Fsp3) is 0.381. The molecule has 158 valence electrons. The van der Waals surface area contributed by atoms with E-state index < -0.39 is 0 Å². The van der Waals surface area contributed by atoms with Crippen LogP contribution in [0.25, 0.3) is 5.69 Å². The zero-order valence-electron chi connectivity index (χ0n) is 17.1. The molecule has 3 aromatic rings. The minimum Gasteiger partial charge on any atom is -0.373 e. The number of carbonyl (C=O) groups excluding carboxylic acids is 1. The van der Waals surface area contributed by atoms with Gasteiger partial charge in [-0.25, -0.2) is 9.67 Å². The number of carbonyl (C=O) groups is 1. The number of aromatic nitrogens is 3. The number of ether oxygens (including phenoxy) is 1. The Balaban J connectivity index is 1.42. The number of nitrogens with zero attached hydrogens (tertiary/aromatic N) is 4. The minimum absolute atomic E-state index is 0.215. The highest BCUT2D eigenvalue weighted by Crippen LogP contribution is 2.21. The lowest BCUT2D eigenvalue weighted by atomic mass is 10.2. The standard InChI is InChI=1S/C21H24ClN5O2S/c1-13-9-26(10-14(2)29-13)11-17-12-30-21(24-17)25-20(28)19-8-23-27(15(19)3)18-6-4-16(22)5-7-18/h4-8,12-14H,9-11H2,1-3H3,(H,24,25,28)/t13-,14-/m0/s1. The van der Waals surface area contributed by atoms with Crippen molar-refractivity contribution >= 4 is 34.0 Å². The molecule has 4 rings (SSSR count). The first-order valence-electron chi connectivity index (χ1n) is 9.83. The highest BCUT2D eigenvalue weighted by atomic mass is 35.5. The third-order valence-electron chi connectivity index (χ3n) is 4.98. The first-order valence-corrected chi connectivity index (χ1v) is 11.1. The van der Waals surface area contributed by atoms with Crippen LogP contribution >= 0.6 is 22.9 Å². The number of anilines is 1. The molecule has 9 heteroatoms. The number of halogens is 1. The fourth-order valence-electron chi connectivity index (χ4n) is 3.72. The third kappa shape index (κ3) is 4.73. The van der Waals surface area contributed by atoms with Crippen LogP contribution in [-0.2, 0) is 11.3 Å². The molecule has 1 aliphatic heterocycles. The summed E-state index contributed by atoms with van der Waals surface area (Å²) in [5.41, 5.74) is 3.06. The van der Waals surface area contributed by atoms with Crippen LogP contribution in [0.4, 0.5) is 5.13 Å². The van der Waals surface area contributed by atoms with E-state index in [4.69, 9.17) is 16.3 Å². The molecule has 0 radical (unpaired) electrons. The summed E-state index contributed by atoms with van der Waals surface area (Å²) in [4.78, 5) is 19.7. The van der Waals surface area contributed by atoms with Crippen molar-refractivity contribution in [2.24, 2.45) is 0 Å². The number of hydrogen-bond donors (Lipinski definition) is 1. The molecule has 7 nitrogen and oxygen atoms in total. The van der Waals surface area contributed by atoms with Gasteiger partial charge in [-0.15, -0.1) is 11.3 Å². The SMILES string of the molecule is Cc1c(C(=O)Nc2nc(CN3C[C@H](C)O[C@@H](C)C3)cs2)cnn1-c1ccc(Cl)cc1. The number of thiazole rings is 1. The summed E-state index contributed by atoms with van der Waals surface area (Å²) >= 11 is 7.38. The smallest absolute Gasteiger partial charge is 0.260 e. The molecular formula is C21H24ClN5O2S. The second kappa shape index (κ2) is 8.85. The summed E-state index contributed by atoms with van der Waals surface area (Å²) in [5.74, 6) is -0.220. The predicted octanol–water partition coefficient (Wildman–Crippen LogP) is 4.15. The van der Waals surface area contributed by atoms with E-state index in [9.17, 15) is 4.79 Å². The predicted molar refractivity (Wildman–Crippen MR) is 119 cm³/mol. The van der Waals surface area contributed by atoms with E-state index >= 15 is 0 Å². The van der Waals surface area contributed by atoms with Crippen LogP contribution in [0.3, 0.4) is 0 Å². The summed E-state index contributed by atoms with van der Waals surface area (Å²) in [7, 11) is 0. The lowest BCUT2D eigenvalue weighted by molar-refractivity contribution is -0.0707. The Morgan fingerprint density at radius 2 is 1.97 bits per heavy atom. The Bertz CT molecular complexity index is 1020. The number of amides is 1. The van der Waals surface area contributed by atoms with E-state index in [2.05, 4.69) is 34.1 Å². The Hall–Kier alpha value is -2.26. The molecule has 0 aliphatic carbocycles. The maximum absolute atomic E-state index is 12.8. The molecule has 1 amide bonds. The van der Waals surface area contributed by atoms with Gasteiger partial charge in [0.05, 0.1) is 41.0 Å². The summed E-state index contributed by atoms with van der Waals surface area (Å²) < 4.78 is 7.50. The first-order chi connectivity index (χ1) is 14.4. The van der Waals surface area contributed by atoms with Crippen molar-refractivity contribution < 1.29 is 9.53 Å². The Kier molecular flexibility index (Phi) is 6.19. The van der Waals surface area contributed by atoms with Crippen molar-refractivity contribution in [1.82, 2.24) is 19.7 Å². The second-order valence-electron chi connectivity index (χ2n) is 7.58. The van der Waals surface area contributed by atoms with Gasteiger partial charge in [0.1, 0.15) is 0 Å². The van der Waals surface area contributed by atoms with Crippen LogP contribution in [-0.4, -0.2) is 50.9 Å². The summed E-state index contributed by atoms with van der Waals surface area (Å²) in [6.07, 6.45) is 2.00. The lowest BCUT2D eigenvalue weighted by Crippen LogP contribution is -2.44. The second-order valence-corrected chi connectivity index (χ2v) is 8.88. The molecule has 1 aromatic carbocycles. The summed E-state index contributed by atoms with van der Waals surface area (Å²) in [6.45, 7) is 8.55. The van der Waals surface area contributed by atoms with Crippen LogP contribution in [0.2, 0.25) is 5.02 Å². The maximum atomic E-state index is 12.8. The average Bonchev–Trinajstić information content (AvgIpc) is 3.28. The number of hydrogen-bond acceptors (Lipinski definition) is 6. The Labute approximate surface area is 184 Å². The number of benzene rings is 1. The van der Waals surface area contributed by atoms with Gasteiger partial charge in [-0.05, 0) is 45.0 Å². The Morgan fingerprint density at radius 3 is 2.67 bits per heavy atom. The van der Waals surface area contributed by atoms with Gasteiger partial charge < -0.3 is 4.74 Å². The first kappa shape index (κ1) is 21.0. The van der Waals surface area contributed by atoms with Gasteiger partial charge in [0, 0.05) is 30.0 Å². The van der Waals surface area contributed by atoms with Gasteiger partial charge in [-0.2, -0.15) is 5.10 Å². The number of rotatable bonds is 5. The van der Waals surface area contributed by atoms with E-state index in [0.29, 0.717) is 15.7 Å². The van der Waals surface area contributed by atoms with Crippen LogP contribution in [0, 0.1) is 6.92 Å². The molecule has 0 saturated carbocycles. The van der Waals surface area contributed by atoms with E-state index in [1.807, 2.05) is 24.4 Å². The van der Waals surface area contributed by atoms with Crippen LogP contribution in [0.15, 0.2) is 35.8 Å². The Morgan fingerprint density at radius 1 is 1.27 bits per heavy atom. The molecule has 0 unspecified atom stereocenters. The van der Waals surface area contributed by atoms with Crippen molar-refractivity contribution in [1.29, 1.82) is 0 Å². The number of nitrogens with one attached hydrogen (secondary N) is 1. The summed E-state index contributed by atoms with van der Waals surface area (Å²) in [5, 5.41) is 10.5. The van der Waals surface area contributed by atoms with E-state index in [1.54, 1.807) is 23.0 Å². The van der Waals surface area contributed by atoms with Gasteiger partial charge in [0.25, 0.3) is 5.91 Å². The van der Waals surface area contributed by atoms with Crippen LogP contribution in [0.1, 0.15) is 35.6 Å². The molecule has 2 aromatic heterocycles. The van der Waals surface area contributed by atoms with Gasteiger partial charge in [0.2, 0.25) is 0 Å². The molecule has 1 N–H and O–H groups in total. The third-order valence-corrected chi connectivity index (χ3v) is 6.04. The van der Waals surface area contributed by atoms with Gasteiger partial charge >= 0.3 is 0 Å². The molecule has 0 spiro atoms. The molecule has 0 bridgehead atoms. The van der Waals surface area contributed by atoms with E-state index in [0.717, 1.165) is 36.7 Å². The fourth-order valence-corrected chi connectivity index (χ4v) is 4.54.